The van der Waals surface area contributed by atoms with Crippen molar-refractivity contribution < 1.29 is 12.8 Å². The van der Waals surface area contributed by atoms with Crippen LogP contribution in [-0.2, 0) is 23.1 Å². The Bertz CT molecular complexity index is 701. The number of aryl methyl sites for hydroxylation is 1. The number of hydrogen-bond acceptors (Lipinski definition) is 5. The van der Waals surface area contributed by atoms with Crippen molar-refractivity contribution in [3.8, 4) is 0 Å². The number of hydrogen-bond donors (Lipinski definition) is 2. The van der Waals surface area contributed by atoms with Gasteiger partial charge in [-0.15, -0.1) is 11.3 Å². The Kier molecular flexibility index (Phi) is 4.17. The Morgan fingerprint density at radius 1 is 1.38 bits per heavy atom. The predicted molar refractivity (Wildman–Crippen MR) is 81.7 cm³/mol. The highest BCUT2D eigenvalue weighted by Gasteiger charge is 2.23. The number of rotatable bonds is 7. The average molecular weight is 326 g/mol. The molecule has 21 heavy (non-hydrogen) atoms. The van der Waals surface area contributed by atoms with Gasteiger partial charge in [-0.2, -0.15) is 0 Å². The van der Waals surface area contributed by atoms with Gasteiger partial charge >= 0.3 is 0 Å². The lowest BCUT2D eigenvalue weighted by atomic mass is 10.4. The molecule has 0 unspecified atom stereocenters. The molecule has 1 fully saturated rings. The summed E-state index contributed by atoms with van der Waals surface area (Å²) >= 11 is 1.53. The summed E-state index contributed by atoms with van der Waals surface area (Å²) in [6.45, 7) is 2.83. The van der Waals surface area contributed by atoms with Crippen LogP contribution in [0.25, 0.3) is 0 Å². The van der Waals surface area contributed by atoms with Crippen LogP contribution in [0.5, 0.6) is 0 Å². The quantitative estimate of drug-likeness (QED) is 0.819. The van der Waals surface area contributed by atoms with Crippen molar-refractivity contribution in [1.82, 2.24) is 10.0 Å². The van der Waals surface area contributed by atoms with Gasteiger partial charge in [-0.3, -0.25) is 0 Å². The van der Waals surface area contributed by atoms with Crippen LogP contribution in [0.1, 0.15) is 28.2 Å². The van der Waals surface area contributed by atoms with Gasteiger partial charge in [-0.05, 0) is 31.9 Å². The monoisotopic (exact) mass is 326 g/mol. The number of furan rings is 1. The van der Waals surface area contributed by atoms with Crippen LogP contribution in [0.3, 0.4) is 0 Å². The van der Waals surface area contributed by atoms with Crippen LogP contribution in [0.2, 0.25) is 0 Å². The van der Waals surface area contributed by atoms with Gasteiger partial charge in [0.25, 0.3) is 0 Å². The molecule has 1 aliphatic carbocycles. The molecule has 1 aliphatic rings. The minimum absolute atomic E-state index is 0.240. The van der Waals surface area contributed by atoms with E-state index in [0.717, 1.165) is 21.9 Å². The summed E-state index contributed by atoms with van der Waals surface area (Å²) in [6.07, 6.45) is 5.51. The van der Waals surface area contributed by atoms with Crippen LogP contribution < -0.4 is 10.0 Å². The zero-order valence-corrected chi connectivity index (χ0v) is 13.4. The third-order valence-corrected chi connectivity index (χ3v) is 6.11. The van der Waals surface area contributed by atoms with Gasteiger partial charge in [0, 0.05) is 34.4 Å². The second kappa shape index (κ2) is 5.92. The van der Waals surface area contributed by atoms with Crippen LogP contribution in [0.4, 0.5) is 0 Å². The fourth-order valence-electron chi connectivity index (χ4n) is 2.06. The summed E-state index contributed by atoms with van der Waals surface area (Å²) in [6, 6.07) is 4.13. The van der Waals surface area contributed by atoms with E-state index >= 15 is 0 Å². The predicted octanol–water partition coefficient (Wildman–Crippen LogP) is 2.38. The standard InChI is InChI=1S/C14H18N2O3S2/c1-10-14(6-13(20-10)8-15-12-2-3-12)21(17,18)16-7-11-4-5-19-9-11/h4-6,9,12,15-16H,2-3,7-8H2,1H3. The van der Waals surface area contributed by atoms with Gasteiger partial charge in [0.2, 0.25) is 10.0 Å². The molecule has 1 saturated carbocycles. The first kappa shape index (κ1) is 14.8. The zero-order valence-electron chi connectivity index (χ0n) is 11.8. The maximum atomic E-state index is 12.4. The van der Waals surface area contributed by atoms with Gasteiger partial charge in [0.1, 0.15) is 0 Å². The van der Waals surface area contributed by atoms with Gasteiger partial charge in [-0.25, -0.2) is 13.1 Å². The highest BCUT2D eigenvalue weighted by molar-refractivity contribution is 7.89. The van der Waals surface area contributed by atoms with Crippen molar-refractivity contribution in [3.63, 3.8) is 0 Å². The molecule has 3 rings (SSSR count). The first-order valence-electron chi connectivity index (χ1n) is 6.88. The second-order valence-electron chi connectivity index (χ2n) is 5.24. The lowest BCUT2D eigenvalue weighted by Gasteiger charge is -2.04. The molecule has 0 aromatic carbocycles. The highest BCUT2D eigenvalue weighted by Crippen LogP contribution is 2.27. The van der Waals surface area contributed by atoms with Gasteiger partial charge in [0.15, 0.2) is 0 Å². The Balaban J connectivity index is 1.68. The zero-order chi connectivity index (χ0) is 14.9. The number of nitrogens with one attached hydrogen (secondary N) is 2. The van der Waals surface area contributed by atoms with Gasteiger partial charge in [0.05, 0.1) is 17.4 Å². The number of thiophene rings is 1. The fourth-order valence-corrected chi connectivity index (χ4v) is 4.66. The van der Waals surface area contributed by atoms with E-state index in [9.17, 15) is 8.42 Å². The maximum Gasteiger partial charge on any atom is 0.241 e. The molecule has 0 radical (unpaired) electrons. The maximum absolute atomic E-state index is 12.4. The van der Waals surface area contributed by atoms with Crippen molar-refractivity contribution in [2.24, 2.45) is 0 Å². The van der Waals surface area contributed by atoms with Crippen molar-refractivity contribution in [2.45, 2.75) is 43.8 Å². The molecule has 0 saturated heterocycles. The largest absolute Gasteiger partial charge is 0.472 e. The molecule has 2 heterocycles. The fraction of sp³-hybridized carbons (Fsp3) is 0.429. The van der Waals surface area contributed by atoms with E-state index < -0.39 is 10.0 Å². The molecule has 2 aromatic rings. The van der Waals surface area contributed by atoms with Gasteiger partial charge in [-0.1, -0.05) is 0 Å². The molecular formula is C14H18N2O3S2. The molecule has 114 valence electrons. The van der Waals surface area contributed by atoms with E-state index in [1.165, 1.54) is 36.7 Å². The van der Waals surface area contributed by atoms with Crippen LogP contribution in [-0.4, -0.2) is 14.5 Å². The Labute approximate surface area is 128 Å². The summed E-state index contributed by atoms with van der Waals surface area (Å²) < 4.78 is 32.3. The summed E-state index contributed by atoms with van der Waals surface area (Å²) in [5.41, 5.74) is 0.807. The van der Waals surface area contributed by atoms with E-state index in [2.05, 4.69) is 10.0 Å². The molecule has 0 aliphatic heterocycles. The third-order valence-electron chi connectivity index (χ3n) is 3.40. The van der Waals surface area contributed by atoms with E-state index in [1.54, 1.807) is 12.1 Å². The molecule has 0 atom stereocenters. The lowest BCUT2D eigenvalue weighted by molar-refractivity contribution is 0.561. The molecule has 2 N–H and O–H groups in total. The molecule has 0 spiro atoms. The lowest BCUT2D eigenvalue weighted by Crippen LogP contribution is -2.23. The molecule has 0 amide bonds. The van der Waals surface area contributed by atoms with Crippen molar-refractivity contribution in [2.75, 3.05) is 0 Å². The minimum atomic E-state index is -3.48. The van der Waals surface area contributed by atoms with E-state index in [-0.39, 0.29) is 6.54 Å². The van der Waals surface area contributed by atoms with E-state index in [4.69, 9.17) is 4.42 Å². The van der Waals surface area contributed by atoms with Crippen molar-refractivity contribution in [1.29, 1.82) is 0 Å². The smallest absolute Gasteiger partial charge is 0.241 e. The summed E-state index contributed by atoms with van der Waals surface area (Å²) in [4.78, 5) is 2.26. The summed E-state index contributed by atoms with van der Waals surface area (Å²) in [7, 11) is -3.48. The first-order valence-corrected chi connectivity index (χ1v) is 9.18. The third kappa shape index (κ3) is 3.74. The van der Waals surface area contributed by atoms with E-state index in [0.29, 0.717) is 10.9 Å². The molecular weight excluding hydrogens is 308 g/mol. The second-order valence-corrected chi connectivity index (χ2v) is 8.32. The molecule has 5 nitrogen and oxygen atoms in total. The van der Waals surface area contributed by atoms with Gasteiger partial charge < -0.3 is 9.73 Å². The number of sulfonamides is 1. The topological polar surface area (TPSA) is 71.3 Å². The summed E-state index contributed by atoms with van der Waals surface area (Å²) in [5, 5.41) is 3.40. The van der Waals surface area contributed by atoms with Crippen LogP contribution >= 0.6 is 11.3 Å². The minimum Gasteiger partial charge on any atom is -0.472 e. The Morgan fingerprint density at radius 3 is 2.86 bits per heavy atom. The van der Waals surface area contributed by atoms with E-state index in [1.807, 2.05) is 6.92 Å². The SMILES string of the molecule is Cc1sc(CNC2CC2)cc1S(=O)(=O)NCc1ccoc1. The Hall–Kier alpha value is -1.15. The first-order chi connectivity index (χ1) is 10.0. The average Bonchev–Trinajstić information content (AvgIpc) is 2.97. The normalized spacial score (nSPS) is 15.5. The summed E-state index contributed by atoms with van der Waals surface area (Å²) in [5.74, 6) is 0. The highest BCUT2D eigenvalue weighted by atomic mass is 32.2. The molecule has 7 heteroatoms. The van der Waals surface area contributed by atoms with Crippen molar-refractivity contribution >= 4 is 21.4 Å². The molecule has 2 aromatic heterocycles. The van der Waals surface area contributed by atoms with Crippen LogP contribution in [0.15, 0.2) is 34.0 Å². The van der Waals surface area contributed by atoms with Crippen LogP contribution in [0, 0.1) is 6.92 Å². The molecule has 0 bridgehead atoms. The Morgan fingerprint density at radius 2 is 2.19 bits per heavy atom. The van der Waals surface area contributed by atoms with Crippen molar-refractivity contribution in [3.05, 3.63) is 40.0 Å².